The minimum absolute atomic E-state index is 0.0795. The second kappa shape index (κ2) is 21.6. The molecule has 1 heterocycles. The van der Waals surface area contributed by atoms with Crippen molar-refractivity contribution in [3.05, 3.63) is 54.1 Å². The molecule has 4 atom stereocenters. The molecule has 0 aliphatic heterocycles. The van der Waals surface area contributed by atoms with E-state index in [9.17, 15) is 24.3 Å². The predicted octanol–water partition coefficient (Wildman–Crippen LogP) is 4.53. The van der Waals surface area contributed by atoms with Crippen LogP contribution in [0.15, 0.2) is 42.9 Å². The van der Waals surface area contributed by atoms with E-state index in [0.29, 0.717) is 36.9 Å². The minimum atomic E-state index is -1.21. The zero-order valence-electron chi connectivity index (χ0n) is 31.6. The van der Waals surface area contributed by atoms with E-state index < -0.39 is 36.3 Å². The lowest BCUT2D eigenvalue weighted by atomic mass is 9.83. The monoisotopic (exact) mass is 710 g/mol. The standard InChI is InChI=1S/C39H62N6O6/c1-27(2)17-18-34(46)32(21-29-13-9-7-10-14-29)43-37(48)33(23-31-24-41-26-42-31)45(6)38(49)36(22-30-15-11-8-12-16-30)51-39(50)44(5)20-19-40-25-35(47)28(3)4/h8,11-12,15-16,24,26-29,32-34,36,40,46H,7,9-10,13-14,17-23,25H2,1-6H3,(H,41,42)(H,43,48)/t32-,33-,34-,36-/m0/s1. The Labute approximate surface area is 304 Å². The van der Waals surface area contributed by atoms with Crippen molar-refractivity contribution in [2.24, 2.45) is 17.8 Å². The quantitative estimate of drug-likeness (QED) is 0.138. The fourth-order valence-electron chi connectivity index (χ4n) is 6.44. The molecule has 284 valence electrons. The maximum absolute atomic E-state index is 14.3. The summed E-state index contributed by atoms with van der Waals surface area (Å²) >= 11 is 0. The van der Waals surface area contributed by atoms with E-state index in [2.05, 4.69) is 34.4 Å². The molecule has 12 nitrogen and oxygen atoms in total. The van der Waals surface area contributed by atoms with Crippen LogP contribution in [-0.2, 0) is 32.0 Å². The zero-order valence-corrected chi connectivity index (χ0v) is 31.6. The number of benzene rings is 1. The first-order chi connectivity index (χ1) is 24.3. The number of H-pyrrole nitrogens is 1. The summed E-state index contributed by atoms with van der Waals surface area (Å²) < 4.78 is 5.86. The number of nitrogens with one attached hydrogen (secondary N) is 3. The number of hydrogen-bond donors (Lipinski definition) is 4. The van der Waals surface area contributed by atoms with Gasteiger partial charge in [0.1, 0.15) is 11.8 Å². The molecule has 2 aromatic rings. The van der Waals surface area contributed by atoms with Crippen LogP contribution >= 0.6 is 0 Å². The van der Waals surface area contributed by atoms with E-state index in [0.717, 1.165) is 37.7 Å². The number of aromatic amines is 1. The Balaban J connectivity index is 1.81. The van der Waals surface area contributed by atoms with Crippen LogP contribution in [0.3, 0.4) is 0 Å². The smallest absolute Gasteiger partial charge is 0.410 e. The SMILES string of the molecule is CC(C)CC[C@H](O)[C@H](CC1CCCCC1)NC(=O)[C@H](Cc1cnc[nH]1)N(C)C(=O)[C@H](Cc1ccccc1)OC(=O)N(C)CCNCC(=O)C(C)C. The number of carbonyl (C=O) groups excluding carboxylic acids is 4. The first kappa shape index (κ1) is 41.6. The molecule has 1 aromatic heterocycles. The van der Waals surface area contributed by atoms with Gasteiger partial charge in [-0.15, -0.1) is 0 Å². The average Bonchev–Trinajstić information content (AvgIpc) is 3.64. The van der Waals surface area contributed by atoms with Crippen molar-refractivity contribution < 1.29 is 29.0 Å². The number of imidazole rings is 1. The van der Waals surface area contributed by atoms with Crippen LogP contribution in [0.5, 0.6) is 0 Å². The summed E-state index contributed by atoms with van der Waals surface area (Å²) in [6.45, 7) is 8.75. The number of Topliss-reactive ketones (excluding diaryl/α,β-unsaturated/α-hetero) is 1. The Morgan fingerprint density at radius 2 is 1.71 bits per heavy atom. The van der Waals surface area contributed by atoms with Gasteiger partial charge in [0.2, 0.25) is 5.91 Å². The van der Waals surface area contributed by atoms with Crippen LogP contribution in [0, 0.1) is 17.8 Å². The van der Waals surface area contributed by atoms with E-state index in [-0.39, 0.29) is 43.5 Å². The third-order valence-corrected chi connectivity index (χ3v) is 9.89. The summed E-state index contributed by atoms with van der Waals surface area (Å²) in [6, 6.07) is 7.86. The van der Waals surface area contributed by atoms with Gasteiger partial charge in [-0.1, -0.05) is 90.1 Å². The van der Waals surface area contributed by atoms with Crippen molar-refractivity contribution in [1.82, 2.24) is 30.4 Å². The lowest BCUT2D eigenvalue weighted by Crippen LogP contribution is -2.56. The van der Waals surface area contributed by atoms with Crippen molar-refractivity contribution in [2.45, 2.75) is 116 Å². The van der Waals surface area contributed by atoms with Gasteiger partial charge in [-0.2, -0.15) is 0 Å². The van der Waals surface area contributed by atoms with E-state index in [1.54, 1.807) is 20.3 Å². The first-order valence-electron chi connectivity index (χ1n) is 18.8. The van der Waals surface area contributed by atoms with Crippen LogP contribution in [0.25, 0.3) is 0 Å². The number of aromatic nitrogens is 2. The highest BCUT2D eigenvalue weighted by atomic mass is 16.6. The largest absolute Gasteiger partial charge is 0.436 e. The zero-order chi connectivity index (χ0) is 37.3. The third-order valence-electron chi connectivity index (χ3n) is 9.89. The highest BCUT2D eigenvalue weighted by Gasteiger charge is 2.36. The molecule has 1 fully saturated rings. The average molecular weight is 711 g/mol. The van der Waals surface area contributed by atoms with Crippen molar-refractivity contribution in [2.75, 3.05) is 33.7 Å². The molecule has 51 heavy (non-hydrogen) atoms. The van der Waals surface area contributed by atoms with Gasteiger partial charge in [0.05, 0.1) is 25.0 Å². The highest BCUT2D eigenvalue weighted by molar-refractivity contribution is 5.90. The summed E-state index contributed by atoms with van der Waals surface area (Å²) in [4.78, 5) is 63.7. The van der Waals surface area contributed by atoms with E-state index in [1.807, 2.05) is 44.2 Å². The fourth-order valence-corrected chi connectivity index (χ4v) is 6.44. The molecule has 1 aliphatic carbocycles. The molecule has 3 rings (SSSR count). The summed E-state index contributed by atoms with van der Waals surface area (Å²) in [6.07, 6.45) is 8.54. The van der Waals surface area contributed by atoms with Crippen LogP contribution in [0.2, 0.25) is 0 Å². The molecule has 1 aromatic carbocycles. The van der Waals surface area contributed by atoms with Gasteiger partial charge < -0.3 is 35.3 Å². The Bertz CT molecular complexity index is 1330. The number of rotatable bonds is 21. The molecule has 0 spiro atoms. The minimum Gasteiger partial charge on any atom is -0.436 e. The maximum atomic E-state index is 14.3. The number of nitrogens with zero attached hydrogens (tertiary/aromatic N) is 3. The molecular formula is C39H62N6O6. The predicted molar refractivity (Wildman–Crippen MR) is 198 cm³/mol. The number of ether oxygens (including phenoxy) is 1. The molecule has 0 bridgehead atoms. The molecule has 0 unspecified atom stereocenters. The van der Waals surface area contributed by atoms with Crippen molar-refractivity contribution >= 4 is 23.7 Å². The van der Waals surface area contributed by atoms with Crippen molar-refractivity contribution in [3.63, 3.8) is 0 Å². The van der Waals surface area contributed by atoms with Crippen molar-refractivity contribution in [1.29, 1.82) is 0 Å². The number of likely N-dealkylation sites (N-methyl/N-ethyl adjacent to an activating group) is 2. The molecule has 3 amide bonds. The summed E-state index contributed by atoms with van der Waals surface area (Å²) in [7, 11) is 3.13. The Morgan fingerprint density at radius 3 is 2.33 bits per heavy atom. The molecule has 1 aliphatic rings. The number of aliphatic hydroxyl groups excluding tert-OH is 1. The number of aliphatic hydroxyl groups is 1. The molecule has 0 saturated heterocycles. The fraction of sp³-hybridized carbons (Fsp3) is 0.667. The highest BCUT2D eigenvalue weighted by Crippen LogP contribution is 2.29. The van der Waals surface area contributed by atoms with Gasteiger partial charge in [-0.3, -0.25) is 14.4 Å². The lowest BCUT2D eigenvalue weighted by Gasteiger charge is -2.34. The Kier molecular flexibility index (Phi) is 17.6. The van der Waals surface area contributed by atoms with E-state index in [1.165, 1.54) is 22.5 Å². The normalized spacial score (nSPS) is 15.9. The van der Waals surface area contributed by atoms with Gasteiger partial charge >= 0.3 is 6.09 Å². The van der Waals surface area contributed by atoms with Gasteiger partial charge in [0.25, 0.3) is 5.91 Å². The second-order valence-corrected chi connectivity index (χ2v) is 14.9. The van der Waals surface area contributed by atoms with Crippen LogP contribution < -0.4 is 10.6 Å². The molecule has 1 saturated carbocycles. The lowest BCUT2D eigenvalue weighted by molar-refractivity contribution is -0.146. The maximum Gasteiger partial charge on any atom is 0.410 e. The molecule has 12 heteroatoms. The van der Waals surface area contributed by atoms with Gasteiger partial charge in [0, 0.05) is 57.8 Å². The van der Waals surface area contributed by atoms with Gasteiger partial charge in [-0.25, -0.2) is 9.78 Å². The number of hydrogen-bond acceptors (Lipinski definition) is 8. The van der Waals surface area contributed by atoms with E-state index in [4.69, 9.17) is 4.74 Å². The van der Waals surface area contributed by atoms with Crippen LogP contribution in [-0.4, -0.2) is 107 Å². The Morgan fingerprint density at radius 1 is 1.00 bits per heavy atom. The number of amides is 3. The Hall–Kier alpha value is -3.77. The van der Waals surface area contributed by atoms with Crippen molar-refractivity contribution in [3.8, 4) is 0 Å². The van der Waals surface area contributed by atoms with Gasteiger partial charge in [0.15, 0.2) is 6.10 Å². The third kappa shape index (κ3) is 14.4. The van der Waals surface area contributed by atoms with Gasteiger partial charge in [-0.05, 0) is 36.7 Å². The summed E-state index contributed by atoms with van der Waals surface area (Å²) in [5.41, 5.74) is 1.46. The summed E-state index contributed by atoms with van der Waals surface area (Å²) in [5.74, 6) is -0.0782. The second-order valence-electron chi connectivity index (χ2n) is 14.9. The van der Waals surface area contributed by atoms with Crippen LogP contribution in [0.1, 0.15) is 90.3 Å². The number of ketones is 1. The molecular weight excluding hydrogens is 648 g/mol. The first-order valence-corrected chi connectivity index (χ1v) is 18.8. The topological polar surface area (TPSA) is 157 Å². The van der Waals surface area contributed by atoms with E-state index >= 15 is 0 Å². The molecule has 0 radical (unpaired) electrons. The molecule has 4 N–H and O–H groups in total. The van der Waals surface area contributed by atoms with Crippen LogP contribution in [0.4, 0.5) is 4.79 Å². The summed E-state index contributed by atoms with van der Waals surface area (Å²) in [5, 5.41) is 17.6. The number of carbonyl (C=O) groups is 4.